The van der Waals surface area contributed by atoms with Gasteiger partial charge in [-0.05, 0) is 13.1 Å². The molecular formula is C16H27F3N-. The summed E-state index contributed by atoms with van der Waals surface area (Å²) in [7, 11) is 0. The predicted octanol–water partition coefficient (Wildman–Crippen LogP) is 5.15. The number of hydrogen-bond acceptors (Lipinski definition) is 1. The fraction of sp³-hybridized carbons (Fsp3) is 0.750. The summed E-state index contributed by atoms with van der Waals surface area (Å²) in [4.78, 5) is 1.40. The first-order valence-corrected chi connectivity index (χ1v) is 7.38. The highest BCUT2D eigenvalue weighted by Gasteiger charge is 2.29. The van der Waals surface area contributed by atoms with Crippen molar-refractivity contribution < 1.29 is 13.2 Å². The molecule has 0 aliphatic carbocycles. The van der Waals surface area contributed by atoms with Crippen LogP contribution in [0.2, 0.25) is 0 Å². The molecular weight excluding hydrogens is 263 g/mol. The summed E-state index contributed by atoms with van der Waals surface area (Å²) in [6.45, 7) is 13.7. The third-order valence-electron chi connectivity index (χ3n) is 3.31. The van der Waals surface area contributed by atoms with Gasteiger partial charge in [0.15, 0.2) is 0 Å². The van der Waals surface area contributed by atoms with Crippen LogP contribution in [0.1, 0.15) is 52.4 Å². The van der Waals surface area contributed by atoms with Crippen LogP contribution in [0.15, 0.2) is 17.7 Å². The van der Waals surface area contributed by atoms with Crippen LogP contribution in [-0.2, 0) is 0 Å². The lowest BCUT2D eigenvalue weighted by Crippen LogP contribution is -2.34. The van der Waals surface area contributed by atoms with Gasteiger partial charge >= 0.3 is 6.18 Å². The maximum Gasteiger partial charge on any atom is 0.401 e. The van der Waals surface area contributed by atoms with Crippen molar-refractivity contribution in [1.82, 2.24) is 4.90 Å². The number of rotatable bonds is 11. The normalized spacial score (nSPS) is 11.9. The molecule has 0 aromatic rings. The molecule has 20 heavy (non-hydrogen) atoms. The summed E-state index contributed by atoms with van der Waals surface area (Å²) in [5, 5.41) is 0. The van der Waals surface area contributed by atoms with E-state index in [1.165, 1.54) is 4.90 Å². The lowest BCUT2D eigenvalue weighted by atomic mass is 9.99. The van der Waals surface area contributed by atoms with Crippen molar-refractivity contribution in [2.45, 2.75) is 58.5 Å². The Morgan fingerprint density at radius 3 is 2.25 bits per heavy atom. The van der Waals surface area contributed by atoms with Crippen molar-refractivity contribution in [2.75, 3.05) is 19.6 Å². The predicted molar refractivity (Wildman–Crippen MR) is 78.5 cm³/mol. The Morgan fingerprint density at radius 2 is 1.75 bits per heavy atom. The molecule has 0 aliphatic rings. The Hall–Kier alpha value is -0.770. The molecule has 0 saturated carbocycles. The Labute approximate surface area is 121 Å². The summed E-state index contributed by atoms with van der Waals surface area (Å²) >= 11 is 0. The Bertz CT molecular complexity index is 295. The highest BCUT2D eigenvalue weighted by Crippen LogP contribution is 2.20. The van der Waals surface area contributed by atoms with Crippen LogP contribution < -0.4 is 0 Å². The molecule has 0 atom stereocenters. The first kappa shape index (κ1) is 19.2. The first-order valence-electron chi connectivity index (χ1n) is 7.38. The van der Waals surface area contributed by atoms with Crippen molar-refractivity contribution in [1.29, 1.82) is 0 Å². The summed E-state index contributed by atoms with van der Waals surface area (Å²) in [5.74, 6) is 0. The second-order valence-electron chi connectivity index (χ2n) is 5.17. The highest BCUT2D eigenvalue weighted by atomic mass is 19.4. The highest BCUT2D eigenvalue weighted by molar-refractivity contribution is 5.23. The number of nitrogens with zero attached hydrogens (tertiary/aromatic N) is 1. The average molecular weight is 290 g/mol. The van der Waals surface area contributed by atoms with E-state index in [2.05, 4.69) is 13.5 Å². The molecule has 1 nitrogen and oxygen atoms in total. The minimum atomic E-state index is -4.13. The van der Waals surface area contributed by atoms with E-state index in [-0.39, 0.29) is 0 Å². The molecule has 0 aliphatic heterocycles. The van der Waals surface area contributed by atoms with Crippen LogP contribution in [0.3, 0.4) is 0 Å². The van der Waals surface area contributed by atoms with E-state index in [9.17, 15) is 13.2 Å². The molecule has 0 aromatic carbocycles. The second kappa shape index (κ2) is 10.0. The van der Waals surface area contributed by atoms with E-state index in [0.29, 0.717) is 25.9 Å². The van der Waals surface area contributed by atoms with Gasteiger partial charge in [-0.1, -0.05) is 52.4 Å². The Morgan fingerprint density at radius 1 is 1.10 bits per heavy atom. The number of hydrogen-bond donors (Lipinski definition) is 0. The minimum absolute atomic E-state index is 0.404. The molecule has 4 heteroatoms. The Kier molecular flexibility index (Phi) is 9.64. The molecule has 0 saturated heterocycles. The van der Waals surface area contributed by atoms with Crippen LogP contribution >= 0.6 is 0 Å². The van der Waals surface area contributed by atoms with E-state index in [1.807, 2.05) is 0 Å². The van der Waals surface area contributed by atoms with Crippen molar-refractivity contribution in [3.63, 3.8) is 0 Å². The summed E-state index contributed by atoms with van der Waals surface area (Å²) in [6.07, 6.45) is 1.39. The average Bonchev–Trinajstić information content (AvgIpc) is 2.36. The quantitative estimate of drug-likeness (QED) is 0.289. The van der Waals surface area contributed by atoms with Crippen molar-refractivity contribution in [2.24, 2.45) is 0 Å². The molecule has 0 amide bonds. The van der Waals surface area contributed by atoms with E-state index in [4.69, 9.17) is 6.58 Å². The number of allylic oxidation sites excluding steroid dienone is 2. The molecule has 0 radical (unpaired) electrons. The Balaban J connectivity index is 3.91. The molecule has 0 N–H and O–H groups in total. The van der Waals surface area contributed by atoms with Gasteiger partial charge in [0.2, 0.25) is 0 Å². The van der Waals surface area contributed by atoms with Crippen LogP contribution in [0.5, 0.6) is 0 Å². The molecule has 0 fully saturated rings. The SMILES string of the molecule is [CH-]=C(CCCCC)C(=C)CCCN(CC)CC(F)(F)F. The lowest BCUT2D eigenvalue weighted by molar-refractivity contribution is -0.145. The van der Waals surface area contributed by atoms with Crippen LogP contribution in [0.4, 0.5) is 13.2 Å². The zero-order chi connectivity index (χ0) is 15.6. The van der Waals surface area contributed by atoms with Crippen molar-refractivity contribution >= 4 is 0 Å². The van der Waals surface area contributed by atoms with E-state index in [0.717, 1.165) is 36.8 Å². The third-order valence-corrected chi connectivity index (χ3v) is 3.31. The molecule has 0 spiro atoms. The largest absolute Gasteiger partial charge is 0.401 e. The first-order chi connectivity index (χ1) is 9.30. The summed E-state index contributed by atoms with van der Waals surface area (Å²) in [6, 6.07) is 0. The molecule has 0 aromatic heterocycles. The zero-order valence-electron chi connectivity index (χ0n) is 12.7. The molecule has 118 valence electrons. The molecule has 0 unspecified atom stereocenters. The molecule has 0 heterocycles. The third kappa shape index (κ3) is 10.1. The fourth-order valence-corrected chi connectivity index (χ4v) is 2.02. The number of alkyl halides is 3. The maximum absolute atomic E-state index is 12.3. The number of halogens is 3. The van der Waals surface area contributed by atoms with Gasteiger partial charge in [-0.15, -0.1) is 0 Å². The lowest BCUT2D eigenvalue weighted by Gasteiger charge is -2.24. The van der Waals surface area contributed by atoms with Gasteiger partial charge in [-0.2, -0.15) is 19.8 Å². The van der Waals surface area contributed by atoms with E-state index >= 15 is 0 Å². The van der Waals surface area contributed by atoms with Crippen LogP contribution in [-0.4, -0.2) is 30.7 Å². The van der Waals surface area contributed by atoms with Crippen molar-refractivity contribution in [3.05, 3.63) is 24.3 Å². The number of unbranched alkanes of at least 4 members (excludes halogenated alkanes) is 2. The van der Waals surface area contributed by atoms with Gasteiger partial charge < -0.3 is 0 Å². The molecule has 0 rings (SSSR count). The van der Waals surface area contributed by atoms with Crippen LogP contribution in [0.25, 0.3) is 0 Å². The summed E-state index contributed by atoms with van der Waals surface area (Å²) in [5.41, 5.74) is 1.68. The standard InChI is InChI=1S/C16H27F3N/c1-5-7-8-10-14(3)15(4)11-9-12-20(6-2)13-16(17,18)19/h3H,4-13H2,1-2H3/q-1. The zero-order valence-corrected chi connectivity index (χ0v) is 12.7. The van der Waals surface area contributed by atoms with Gasteiger partial charge in [0.25, 0.3) is 0 Å². The van der Waals surface area contributed by atoms with Crippen LogP contribution in [0, 0.1) is 6.58 Å². The minimum Gasteiger partial charge on any atom is -0.295 e. The van der Waals surface area contributed by atoms with Gasteiger partial charge in [-0.25, -0.2) is 11.1 Å². The fourth-order valence-electron chi connectivity index (χ4n) is 2.02. The topological polar surface area (TPSA) is 3.24 Å². The van der Waals surface area contributed by atoms with E-state index < -0.39 is 12.7 Å². The second-order valence-corrected chi connectivity index (χ2v) is 5.17. The van der Waals surface area contributed by atoms with E-state index in [1.54, 1.807) is 6.92 Å². The summed E-state index contributed by atoms with van der Waals surface area (Å²) < 4.78 is 36.9. The van der Waals surface area contributed by atoms with Gasteiger partial charge in [-0.3, -0.25) is 11.5 Å². The maximum atomic E-state index is 12.3. The van der Waals surface area contributed by atoms with Gasteiger partial charge in [0.1, 0.15) is 0 Å². The smallest absolute Gasteiger partial charge is 0.295 e. The van der Waals surface area contributed by atoms with Gasteiger partial charge in [0, 0.05) is 0 Å². The molecule has 0 bridgehead atoms. The van der Waals surface area contributed by atoms with Gasteiger partial charge in [0.05, 0.1) is 6.54 Å². The monoisotopic (exact) mass is 290 g/mol. The van der Waals surface area contributed by atoms with Crippen molar-refractivity contribution in [3.8, 4) is 0 Å².